The van der Waals surface area contributed by atoms with Crippen molar-refractivity contribution >= 4 is 57.4 Å². The van der Waals surface area contributed by atoms with Crippen molar-refractivity contribution in [1.29, 1.82) is 0 Å². The largest absolute Gasteiger partial charge is 0.481 e. The maximum absolute atomic E-state index is 10.2. The molecule has 0 aliphatic carbocycles. The van der Waals surface area contributed by atoms with Crippen molar-refractivity contribution in [3.8, 4) is 0 Å². The molecule has 3 heteroatoms. The van der Waals surface area contributed by atoms with Gasteiger partial charge in [-0.25, -0.2) is 0 Å². The van der Waals surface area contributed by atoms with Gasteiger partial charge in [-0.3, -0.25) is 4.79 Å². The Morgan fingerprint density at radius 3 is 2.33 bits per heavy atom. The Bertz CT molecular complexity index is 234. The first-order valence-corrected chi connectivity index (χ1v) is 3.55. The number of hydrogen-bond donors (Lipinski definition) is 1. The van der Waals surface area contributed by atoms with Gasteiger partial charge < -0.3 is 5.11 Å². The van der Waals surface area contributed by atoms with Crippen LogP contribution in [0.25, 0.3) is 0 Å². The molecule has 0 aromatic heterocycles. The van der Waals surface area contributed by atoms with Gasteiger partial charge in [0.25, 0.3) is 0 Å². The Morgan fingerprint density at radius 2 is 1.83 bits per heavy atom. The predicted octanol–water partition coefficient (Wildman–Crippen LogP) is 1.32. The first-order valence-electron chi connectivity index (χ1n) is 3.55. The van der Waals surface area contributed by atoms with Crippen molar-refractivity contribution in [3.63, 3.8) is 0 Å². The van der Waals surface area contributed by atoms with Crippen molar-refractivity contribution in [1.82, 2.24) is 0 Å². The molecule has 0 saturated heterocycles. The summed E-state index contributed by atoms with van der Waals surface area (Å²) in [7, 11) is 0. The van der Waals surface area contributed by atoms with E-state index in [-0.39, 0.29) is 57.8 Å². The van der Waals surface area contributed by atoms with E-state index in [9.17, 15) is 4.79 Å². The van der Waals surface area contributed by atoms with Gasteiger partial charge in [0.05, 0.1) is 0 Å². The number of rotatable bonds is 3. The maximum Gasteiger partial charge on any atom is 0.303 e. The van der Waals surface area contributed by atoms with Crippen LogP contribution in [0.15, 0.2) is 30.3 Å². The summed E-state index contributed by atoms with van der Waals surface area (Å²) in [6, 6.07) is 9.62. The van der Waals surface area contributed by atoms with Gasteiger partial charge in [-0.15, -0.1) is 0 Å². The van der Waals surface area contributed by atoms with Crippen LogP contribution in [-0.2, 0) is 11.2 Å². The molecule has 0 saturated carbocycles. The van der Waals surface area contributed by atoms with Crippen LogP contribution in [0.3, 0.4) is 0 Å². The van der Waals surface area contributed by atoms with E-state index in [0.717, 1.165) is 5.56 Å². The zero-order valence-corrected chi connectivity index (χ0v) is 10.3. The van der Waals surface area contributed by atoms with Gasteiger partial charge in [0.15, 0.2) is 0 Å². The molecule has 0 amide bonds. The summed E-state index contributed by atoms with van der Waals surface area (Å²) >= 11 is 0. The molecule has 1 N–H and O–H groups in total. The van der Waals surface area contributed by atoms with Crippen molar-refractivity contribution in [3.05, 3.63) is 35.9 Å². The molecule has 0 spiro atoms. The molecule has 12 heavy (non-hydrogen) atoms. The molecule has 0 bridgehead atoms. The summed E-state index contributed by atoms with van der Waals surface area (Å²) in [4.78, 5) is 10.2. The van der Waals surface area contributed by atoms with Crippen LogP contribution in [-0.4, -0.2) is 62.5 Å². The summed E-state index contributed by atoms with van der Waals surface area (Å²) in [5.74, 6) is -0.742. The molecule has 0 aliphatic rings. The van der Waals surface area contributed by atoms with Gasteiger partial charge in [0, 0.05) is 57.8 Å². The summed E-state index contributed by atoms with van der Waals surface area (Å²) in [6.45, 7) is 0. The topological polar surface area (TPSA) is 37.3 Å². The molecule has 0 aliphatic heterocycles. The van der Waals surface area contributed by atoms with Gasteiger partial charge in [0.1, 0.15) is 0 Å². The van der Waals surface area contributed by atoms with Crippen molar-refractivity contribution in [2.45, 2.75) is 12.8 Å². The fourth-order valence-electron chi connectivity index (χ4n) is 0.896. The van der Waals surface area contributed by atoms with Crippen LogP contribution in [0.5, 0.6) is 0 Å². The van der Waals surface area contributed by atoms with E-state index in [4.69, 9.17) is 5.11 Å². The van der Waals surface area contributed by atoms with Gasteiger partial charge in [-0.2, -0.15) is 0 Å². The first-order chi connectivity index (χ1) is 5.29. The van der Waals surface area contributed by atoms with Crippen molar-refractivity contribution < 1.29 is 9.90 Å². The number of carboxylic acid groups (broad SMARTS) is 1. The normalized spacial score (nSPS) is 8.67. The average molecular weight is 189 g/mol. The Labute approximate surface area is 114 Å². The molecule has 1 aromatic carbocycles. The Kier molecular flexibility index (Phi) is 6.99. The van der Waals surface area contributed by atoms with Gasteiger partial charge in [0.2, 0.25) is 0 Å². The van der Waals surface area contributed by atoms with Crippen LogP contribution in [0, 0.1) is 0 Å². The van der Waals surface area contributed by atoms with E-state index >= 15 is 0 Å². The van der Waals surface area contributed by atoms with E-state index in [1.165, 1.54) is 0 Å². The maximum atomic E-state index is 10.2. The molecule has 0 unspecified atom stereocenters. The Morgan fingerprint density at radius 1 is 1.25 bits per heavy atom. The van der Waals surface area contributed by atoms with E-state index in [1.54, 1.807) is 0 Å². The van der Waals surface area contributed by atoms with E-state index < -0.39 is 5.97 Å². The van der Waals surface area contributed by atoms with E-state index in [0.29, 0.717) is 6.42 Å². The molecule has 1 radical (unpaired) electrons. The molecule has 1 aromatic rings. The van der Waals surface area contributed by atoms with E-state index in [2.05, 4.69) is 0 Å². The standard InChI is InChI=1S/C9H10O2.K/c10-9(11)7-6-8-4-2-1-3-5-8;/h1-5H,6-7H2,(H,10,11);. The number of carbonyl (C=O) groups is 1. The fourth-order valence-corrected chi connectivity index (χ4v) is 0.896. The minimum absolute atomic E-state index is 0. The second kappa shape index (κ2) is 6.80. The molecule has 0 heterocycles. The molecular weight excluding hydrogens is 179 g/mol. The van der Waals surface area contributed by atoms with Crippen molar-refractivity contribution in [2.24, 2.45) is 0 Å². The third-order valence-electron chi connectivity index (χ3n) is 1.47. The van der Waals surface area contributed by atoms with Crippen LogP contribution < -0.4 is 0 Å². The van der Waals surface area contributed by atoms with E-state index in [1.807, 2.05) is 30.3 Å². The Balaban J connectivity index is 0.00000121. The van der Waals surface area contributed by atoms with Crippen LogP contribution in [0.1, 0.15) is 12.0 Å². The number of hydrogen-bond acceptors (Lipinski definition) is 1. The second-order valence-corrected chi connectivity index (χ2v) is 2.38. The number of carboxylic acids is 1. The summed E-state index contributed by atoms with van der Waals surface area (Å²) in [5, 5.41) is 8.37. The van der Waals surface area contributed by atoms with Crippen molar-refractivity contribution in [2.75, 3.05) is 0 Å². The number of aryl methyl sites for hydroxylation is 1. The van der Waals surface area contributed by atoms with Crippen LogP contribution >= 0.6 is 0 Å². The summed E-state index contributed by atoms with van der Waals surface area (Å²) in [6.07, 6.45) is 0.834. The van der Waals surface area contributed by atoms with Crippen LogP contribution in [0.2, 0.25) is 0 Å². The quantitative estimate of drug-likeness (QED) is 0.728. The van der Waals surface area contributed by atoms with Gasteiger partial charge in [-0.1, -0.05) is 30.3 Å². The minimum Gasteiger partial charge on any atom is -0.481 e. The summed E-state index contributed by atoms with van der Waals surface area (Å²) < 4.78 is 0. The average Bonchev–Trinajstić information content (AvgIpc) is 2.03. The third-order valence-corrected chi connectivity index (χ3v) is 1.47. The number of aliphatic carboxylic acids is 1. The predicted molar refractivity (Wildman–Crippen MR) is 48.2 cm³/mol. The zero-order chi connectivity index (χ0) is 8.10. The summed E-state index contributed by atoms with van der Waals surface area (Å²) in [5.41, 5.74) is 1.08. The molecular formula is C9H10KO2. The Hall–Kier alpha value is 0.326. The smallest absolute Gasteiger partial charge is 0.303 e. The molecule has 59 valence electrons. The third kappa shape index (κ3) is 5.06. The van der Waals surface area contributed by atoms with Gasteiger partial charge >= 0.3 is 5.97 Å². The second-order valence-electron chi connectivity index (χ2n) is 2.38. The fraction of sp³-hybridized carbons (Fsp3) is 0.222. The number of benzene rings is 1. The zero-order valence-electron chi connectivity index (χ0n) is 7.16. The molecule has 0 atom stereocenters. The van der Waals surface area contributed by atoms with Crippen LogP contribution in [0.4, 0.5) is 0 Å². The molecule has 0 fully saturated rings. The SMILES string of the molecule is O=C(O)CCc1ccccc1.[K]. The van der Waals surface area contributed by atoms with Gasteiger partial charge in [-0.05, 0) is 12.0 Å². The minimum atomic E-state index is -0.742. The molecule has 1 rings (SSSR count). The molecule has 2 nitrogen and oxygen atoms in total. The monoisotopic (exact) mass is 189 g/mol. The first kappa shape index (κ1) is 12.3.